The first kappa shape index (κ1) is 14.8. The molecule has 1 aliphatic heterocycles. The van der Waals surface area contributed by atoms with Gasteiger partial charge in [0.05, 0.1) is 10.4 Å². The summed E-state index contributed by atoms with van der Waals surface area (Å²) in [5.41, 5.74) is 0.924. The molecule has 1 atom stereocenters. The average molecular weight is 224 g/mol. The van der Waals surface area contributed by atoms with Gasteiger partial charge < -0.3 is 4.57 Å². The van der Waals surface area contributed by atoms with E-state index in [1.54, 1.807) is 0 Å². The summed E-state index contributed by atoms with van der Waals surface area (Å²) in [7, 11) is 1.22. The van der Waals surface area contributed by atoms with E-state index in [2.05, 4.69) is 39.2 Å². The van der Waals surface area contributed by atoms with Crippen LogP contribution < -0.4 is 0 Å². The van der Waals surface area contributed by atoms with Gasteiger partial charge in [-0.15, -0.1) is 0 Å². The zero-order chi connectivity index (χ0) is 9.57. The predicted octanol–water partition coefficient (Wildman–Crippen LogP) is 1.03. The maximum absolute atomic E-state index is 2.63. The minimum Gasteiger partial charge on any atom is -0.327 e. The molecule has 1 aliphatic rings. The summed E-state index contributed by atoms with van der Waals surface area (Å²) in [6.45, 7) is 13.3. The number of rotatable bonds is 0. The molecular formula is C10H23KNSi. The van der Waals surface area contributed by atoms with E-state index in [0.717, 1.165) is 5.92 Å². The van der Waals surface area contributed by atoms with Gasteiger partial charge in [-0.1, -0.05) is 20.8 Å². The quantitative estimate of drug-likeness (QED) is 0.556. The van der Waals surface area contributed by atoms with Gasteiger partial charge in [-0.3, -0.25) is 0 Å². The molecule has 0 bridgehead atoms. The van der Waals surface area contributed by atoms with Crippen LogP contribution in [0.25, 0.3) is 0 Å². The van der Waals surface area contributed by atoms with Gasteiger partial charge in [0.25, 0.3) is 0 Å². The van der Waals surface area contributed by atoms with E-state index in [1.807, 2.05) is 0 Å². The van der Waals surface area contributed by atoms with E-state index in [-0.39, 0.29) is 51.4 Å². The summed E-state index contributed by atoms with van der Waals surface area (Å²) >= 11 is 0. The maximum Gasteiger partial charge on any atom is 0.0791 e. The summed E-state index contributed by atoms with van der Waals surface area (Å²) in [4.78, 5) is 0. The Labute approximate surface area is 129 Å². The van der Waals surface area contributed by atoms with E-state index in [1.165, 1.54) is 23.4 Å². The largest absolute Gasteiger partial charge is 0.327 e. The molecule has 1 radical (unpaired) electrons. The molecule has 73 valence electrons. The third kappa shape index (κ3) is 3.13. The predicted molar refractivity (Wildman–Crippen MR) is 64.0 cm³/mol. The van der Waals surface area contributed by atoms with Gasteiger partial charge in [0.2, 0.25) is 0 Å². The fourth-order valence-electron chi connectivity index (χ4n) is 2.72. The Kier molecular flexibility index (Phi) is 5.43. The molecule has 0 saturated carbocycles. The molecule has 1 rings (SSSR count). The standard InChI is InChI=1S/C10H23NSi.K/c1-9(2,3)8-6-7-11(12)10(8,4)5;/h8H,6-7H2,1-5,12H3;/t8-;/m1./s1. The Morgan fingerprint density at radius 1 is 1.31 bits per heavy atom. The van der Waals surface area contributed by atoms with Gasteiger partial charge >= 0.3 is 0 Å². The Hall–Kier alpha value is 1.81. The molecule has 0 aromatic rings. The SMILES string of the molecule is CC(C)(C)[C@H]1CCN([SiH3])C1(C)C.[K]. The molecule has 1 nitrogen and oxygen atoms in total. The molecule has 0 N–H and O–H groups in total. The van der Waals surface area contributed by atoms with Crippen molar-refractivity contribution in [2.75, 3.05) is 6.54 Å². The first-order valence-electron chi connectivity index (χ1n) is 4.97. The molecule has 0 aromatic heterocycles. The van der Waals surface area contributed by atoms with Crippen LogP contribution in [0.1, 0.15) is 41.0 Å². The van der Waals surface area contributed by atoms with Gasteiger partial charge in [-0.2, -0.15) is 0 Å². The molecule has 0 aliphatic carbocycles. The Morgan fingerprint density at radius 3 is 1.92 bits per heavy atom. The zero-order valence-electron chi connectivity index (χ0n) is 10.4. The van der Waals surface area contributed by atoms with E-state index < -0.39 is 0 Å². The molecule has 1 saturated heterocycles. The molecule has 1 fully saturated rings. The summed E-state index contributed by atoms with van der Waals surface area (Å²) in [5, 5.41) is 0. The second-order valence-corrected chi connectivity index (χ2v) is 6.86. The monoisotopic (exact) mass is 224 g/mol. The first-order chi connectivity index (χ1) is 5.26. The van der Waals surface area contributed by atoms with Crippen LogP contribution in [0.15, 0.2) is 0 Å². The van der Waals surface area contributed by atoms with Gasteiger partial charge in [-0.25, -0.2) is 0 Å². The third-order valence-corrected chi connectivity index (χ3v) is 5.23. The number of hydrogen-bond acceptors (Lipinski definition) is 1. The van der Waals surface area contributed by atoms with Crippen molar-refractivity contribution >= 4 is 61.8 Å². The summed E-state index contributed by atoms with van der Waals surface area (Å²) in [6, 6.07) is 0. The zero-order valence-corrected chi connectivity index (χ0v) is 15.6. The van der Waals surface area contributed by atoms with Crippen LogP contribution >= 0.6 is 0 Å². The smallest absolute Gasteiger partial charge is 0.0791 e. The Morgan fingerprint density at radius 2 is 1.77 bits per heavy atom. The van der Waals surface area contributed by atoms with Crippen molar-refractivity contribution in [1.29, 1.82) is 0 Å². The van der Waals surface area contributed by atoms with Crippen molar-refractivity contribution in [2.24, 2.45) is 11.3 Å². The first-order valence-corrected chi connectivity index (χ1v) is 5.87. The molecule has 0 amide bonds. The van der Waals surface area contributed by atoms with Crippen molar-refractivity contribution < 1.29 is 0 Å². The number of nitrogens with zero attached hydrogens (tertiary/aromatic N) is 1. The minimum absolute atomic E-state index is 0. The van der Waals surface area contributed by atoms with Gasteiger partial charge in [-0.05, 0) is 38.1 Å². The van der Waals surface area contributed by atoms with Crippen LogP contribution in [-0.4, -0.2) is 78.4 Å². The fraction of sp³-hybridized carbons (Fsp3) is 1.00. The molecule has 0 spiro atoms. The van der Waals surface area contributed by atoms with Crippen molar-refractivity contribution in [2.45, 2.75) is 46.6 Å². The molecule has 0 aromatic carbocycles. The van der Waals surface area contributed by atoms with E-state index in [0.29, 0.717) is 11.0 Å². The van der Waals surface area contributed by atoms with Crippen molar-refractivity contribution in [3.8, 4) is 0 Å². The Bertz CT molecular complexity index is 174. The molecule has 0 unspecified atom stereocenters. The van der Waals surface area contributed by atoms with Crippen molar-refractivity contribution in [3.63, 3.8) is 0 Å². The minimum atomic E-state index is 0. The summed E-state index contributed by atoms with van der Waals surface area (Å²) < 4.78 is 2.63. The second-order valence-electron chi connectivity index (χ2n) is 5.78. The fourth-order valence-corrected chi connectivity index (χ4v) is 3.29. The molecular weight excluding hydrogens is 201 g/mol. The summed E-state index contributed by atoms with van der Waals surface area (Å²) in [6.07, 6.45) is 1.39. The average Bonchev–Trinajstić information content (AvgIpc) is 2.06. The van der Waals surface area contributed by atoms with Gasteiger partial charge in [0, 0.05) is 56.9 Å². The van der Waals surface area contributed by atoms with Crippen LogP contribution in [0.2, 0.25) is 0 Å². The van der Waals surface area contributed by atoms with Crippen LogP contribution in [0.4, 0.5) is 0 Å². The van der Waals surface area contributed by atoms with E-state index in [4.69, 9.17) is 0 Å². The van der Waals surface area contributed by atoms with Crippen LogP contribution in [-0.2, 0) is 0 Å². The van der Waals surface area contributed by atoms with Crippen LogP contribution in [0.3, 0.4) is 0 Å². The number of hydrogen-bond donors (Lipinski definition) is 0. The van der Waals surface area contributed by atoms with Gasteiger partial charge in [0.1, 0.15) is 0 Å². The molecule has 3 heteroatoms. The van der Waals surface area contributed by atoms with Crippen molar-refractivity contribution in [1.82, 2.24) is 4.57 Å². The van der Waals surface area contributed by atoms with Gasteiger partial charge in [0.15, 0.2) is 0 Å². The second kappa shape index (κ2) is 4.77. The molecule has 1 heterocycles. The van der Waals surface area contributed by atoms with Crippen LogP contribution in [0.5, 0.6) is 0 Å². The molecule has 13 heavy (non-hydrogen) atoms. The summed E-state index contributed by atoms with van der Waals surface area (Å²) in [5.74, 6) is 0.863. The van der Waals surface area contributed by atoms with E-state index >= 15 is 0 Å². The topological polar surface area (TPSA) is 3.24 Å². The maximum atomic E-state index is 2.63. The normalized spacial score (nSPS) is 28.8. The van der Waals surface area contributed by atoms with E-state index in [9.17, 15) is 0 Å². The van der Waals surface area contributed by atoms with Crippen molar-refractivity contribution in [3.05, 3.63) is 0 Å². The third-order valence-electron chi connectivity index (χ3n) is 3.64. The van der Waals surface area contributed by atoms with Crippen LogP contribution in [0, 0.1) is 11.3 Å². The Balaban J connectivity index is 0.00000144.